The van der Waals surface area contributed by atoms with Gasteiger partial charge in [0.15, 0.2) is 5.72 Å². The topological polar surface area (TPSA) is 317 Å². The summed E-state index contributed by atoms with van der Waals surface area (Å²) in [7, 11) is 4.40. The number of rotatable bonds is 22. The van der Waals surface area contributed by atoms with Crippen molar-refractivity contribution in [3.05, 3.63) is 82.9 Å². The lowest BCUT2D eigenvalue weighted by Gasteiger charge is -2.42. The quantitative estimate of drug-likeness (QED) is 0.0157. The minimum Gasteiger partial charge on any atom is -0.495 e. The van der Waals surface area contributed by atoms with Crippen LogP contribution in [0.2, 0.25) is 5.02 Å². The molecule has 8 amide bonds. The van der Waals surface area contributed by atoms with Crippen LogP contribution in [0.1, 0.15) is 91.5 Å². The Hall–Kier alpha value is -6.73. The number of nitrogens with zero attached hydrogens (tertiary/aromatic N) is 1. The highest BCUT2D eigenvalue weighted by Crippen LogP contribution is 2.49. The van der Waals surface area contributed by atoms with Crippen molar-refractivity contribution in [2.24, 2.45) is 17.6 Å². The van der Waals surface area contributed by atoms with Crippen LogP contribution in [-0.2, 0) is 54.1 Å². The number of aliphatic hydroxyl groups is 1. The molecular formula is C56H76BrClN8O15. The van der Waals surface area contributed by atoms with Crippen molar-refractivity contribution in [3.63, 3.8) is 0 Å². The van der Waals surface area contributed by atoms with Crippen LogP contribution in [0.4, 0.5) is 31.4 Å². The highest BCUT2D eigenvalue weighted by Gasteiger charge is 2.64. The Kier molecular flexibility index (Phi) is 24.0. The molecule has 444 valence electrons. The maximum absolute atomic E-state index is 14.4. The molecule has 25 heteroatoms. The van der Waals surface area contributed by atoms with Gasteiger partial charge < -0.3 is 65.4 Å². The van der Waals surface area contributed by atoms with Crippen LogP contribution >= 0.6 is 27.5 Å². The molecule has 3 heterocycles. The van der Waals surface area contributed by atoms with Gasteiger partial charge in [-0.1, -0.05) is 78.7 Å². The van der Waals surface area contributed by atoms with Gasteiger partial charge in [-0.2, -0.15) is 0 Å². The molecule has 0 saturated carbocycles. The normalized spacial score (nSPS) is 24.5. The van der Waals surface area contributed by atoms with Crippen molar-refractivity contribution in [1.29, 1.82) is 0 Å². The van der Waals surface area contributed by atoms with E-state index in [-0.39, 0.29) is 67.1 Å². The van der Waals surface area contributed by atoms with Crippen LogP contribution in [-0.4, -0.2) is 140 Å². The molecule has 23 nitrogen and oxygen atoms in total. The number of carbonyl (C=O) groups is 8. The molecule has 0 aromatic heterocycles. The van der Waals surface area contributed by atoms with Gasteiger partial charge in [-0.05, 0) is 100 Å². The average Bonchev–Trinajstić information content (AvgIpc) is 3.61. The van der Waals surface area contributed by atoms with Crippen molar-refractivity contribution in [3.8, 4) is 5.75 Å². The van der Waals surface area contributed by atoms with Gasteiger partial charge in [0.1, 0.15) is 46.8 Å². The standard InChI is InChI=1S/C56H76BrClN8O15/c1-31(2)47(64-44(67)18-11-10-12-24-78-51(71)33(4)30-57)50(70)63-38(16-14-23-60-52(59)72)49(69)61-36-19-21-37(22-20-36)62-53(73)80-43-28-45(68)66(7)39-26-35(27-40(76-8)46(39)58)25-32(3)15-13-17-42(77-9)56(75)29-41(79-54(74)65-56)34(5)48-55(43,6)81-48/h13,15,17,19-22,26-27,31,34,38,41-43,47-48,75H,4,10-12,14,16,18,23-25,28-30H2,1-3,5-9H3,(H,61,69)(H,62,73)(H,63,70)(H,64,67)(H,65,74)(H3,59,60,72)/b17-13+,32-15+/t34-,38+,41+,42-,43+,47+,48+,55+,56+/m1/s1. The molecule has 2 aromatic carbocycles. The molecule has 9 atom stereocenters. The third-order valence-electron chi connectivity index (χ3n) is 14.2. The lowest BCUT2D eigenvalue weighted by atomic mass is 9.83. The lowest BCUT2D eigenvalue weighted by Crippen LogP contribution is -2.63. The number of methoxy groups -OCH3 is 2. The summed E-state index contributed by atoms with van der Waals surface area (Å²) in [4.78, 5) is 106. The molecule has 0 unspecified atom stereocenters. The SMILES string of the molecule is C=C(CBr)C(=O)OCCCCCC(=O)N[C@H](C(=O)N[C@@H](CCCNC(N)=O)C(=O)Nc1ccc(NC(=O)O[C@H]2CC(=O)N(C)c3cc(cc(OC)c3Cl)C/C(C)=C/C=C/[C@@H](OC)[C@@]3(O)C[C@H](OC(=O)N3)[C@@H](C)[C@@H]3O[C@@]23C)cc1)C(C)C. The Bertz CT molecular complexity index is 2690. The zero-order valence-corrected chi connectivity index (χ0v) is 49.3. The number of esters is 1. The first-order chi connectivity index (χ1) is 38.3. The number of hydrogen-bond acceptors (Lipinski definition) is 15. The number of benzene rings is 2. The molecule has 9 N–H and O–H groups in total. The van der Waals surface area contributed by atoms with Gasteiger partial charge in [-0.3, -0.25) is 29.8 Å². The molecule has 0 radical (unpaired) electrons. The number of halogens is 2. The van der Waals surface area contributed by atoms with Crippen LogP contribution in [0, 0.1) is 11.8 Å². The van der Waals surface area contributed by atoms with E-state index in [0.717, 1.165) is 11.1 Å². The number of epoxide rings is 1. The second-order valence-corrected chi connectivity index (χ2v) is 21.8. The molecule has 2 saturated heterocycles. The predicted octanol–water partition coefficient (Wildman–Crippen LogP) is 6.44. The van der Waals surface area contributed by atoms with Crippen LogP contribution in [0.25, 0.3) is 0 Å². The van der Waals surface area contributed by atoms with Gasteiger partial charge in [0.05, 0.1) is 31.9 Å². The van der Waals surface area contributed by atoms with E-state index < -0.39 is 102 Å². The largest absolute Gasteiger partial charge is 0.495 e. The smallest absolute Gasteiger partial charge is 0.412 e. The summed E-state index contributed by atoms with van der Waals surface area (Å²) in [5, 5.41) is 28.3. The van der Waals surface area contributed by atoms with Crippen LogP contribution in [0.15, 0.2) is 72.4 Å². The maximum atomic E-state index is 14.4. The average molecular weight is 1220 g/mol. The van der Waals surface area contributed by atoms with E-state index >= 15 is 0 Å². The van der Waals surface area contributed by atoms with Crippen LogP contribution in [0.3, 0.4) is 0 Å². The molecule has 5 rings (SSSR count). The first-order valence-corrected chi connectivity index (χ1v) is 28.1. The summed E-state index contributed by atoms with van der Waals surface area (Å²) >= 11 is 9.98. The molecule has 2 fully saturated rings. The second-order valence-electron chi connectivity index (χ2n) is 20.9. The molecule has 4 bridgehead atoms. The predicted molar refractivity (Wildman–Crippen MR) is 306 cm³/mol. The Balaban J connectivity index is 1.30. The summed E-state index contributed by atoms with van der Waals surface area (Å²) in [6.07, 6.45) is 1.29. The number of primary amides is 1. The molecule has 0 spiro atoms. The van der Waals surface area contributed by atoms with Crippen LogP contribution in [0.5, 0.6) is 5.75 Å². The number of hydrogen-bond donors (Lipinski definition) is 8. The van der Waals surface area contributed by atoms with E-state index in [1.807, 2.05) is 13.0 Å². The summed E-state index contributed by atoms with van der Waals surface area (Å²) < 4.78 is 34.5. The number of urea groups is 1. The van der Waals surface area contributed by atoms with E-state index in [4.69, 9.17) is 45.8 Å². The molecule has 0 aliphatic carbocycles. The van der Waals surface area contributed by atoms with Crippen molar-refractivity contribution in [1.82, 2.24) is 21.3 Å². The third-order valence-corrected chi connectivity index (χ3v) is 15.3. The van der Waals surface area contributed by atoms with E-state index in [9.17, 15) is 43.5 Å². The number of nitrogens with one attached hydrogen (secondary N) is 6. The van der Waals surface area contributed by atoms with Crippen molar-refractivity contribution >= 4 is 92.4 Å². The fourth-order valence-corrected chi connectivity index (χ4v) is 10.0. The van der Waals surface area contributed by atoms with Crippen molar-refractivity contribution in [2.45, 2.75) is 140 Å². The Morgan fingerprint density at radius 2 is 1.70 bits per heavy atom. The second kappa shape index (κ2) is 29.8. The highest BCUT2D eigenvalue weighted by molar-refractivity contribution is 9.09. The minimum atomic E-state index is -1.89. The van der Waals surface area contributed by atoms with E-state index in [2.05, 4.69) is 54.4 Å². The van der Waals surface area contributed by atoms with Crippen LogP contribution < -0.4 is 47.3 Å². The van der Waals surface area contributed by atoms with Gasteiger partial charge in [0, 0.05) is 61.7 Å². The van der Waals surface area contributed by atoms with E-state index in [0.29, 0.717) is 48.0 Å². The summed E-state index contributed by atoms with van der Waals surface area (Å²) in [5.41, 5.74) is 4.80. The van der Waals surface area contributed by atoms with E-state index in [1.54, 1.807) is 52.0 Å². The summed E-state index contributed by atoms with van der Waals surface area (Å²) in [6.45, 7) is 12.7. The Morgan fingerprint density at radius 1 is 1.01 bits per heavy atom. The number of alkyl carbamates (subject to hydrolysis) is 1. The number of allylic oxidation sites excluding steroid dienone is 3. The summed E-state index contributed by atoms with van der Waals surface area (Å²) in [5.74, 6) is -3.27. The van der Waals surface area contributed by atoms with Gasteiger partial charge >= 0.3 is 24.2 Å². The molecule has 3 aliphatic heterocycles. The highest BCUT2D eigenvalue weighted by atomic mass is 79.9. The van der Waals surface area contributed by atoms with Gasteiger partial charge in [0.25, 0.3) is 0 Å². The number of amides is 8. The van der Waals surface area contributed by atoms with Crippen molar-refractivity contribution in [2.75, 3.05) is 55.3 Å². The Morgan fingerprint density at radius 3 is 2.35 bits per heavy atom. The number of ether oxygens (including phenoxy) is 6. The number of alkyl halides is 1. The fraction of sp³-hybridized carbons (Fsp3) is 0.536. The first kappa shape index (κ1) is 65.1. The van der Waals surface area contributed by atoms with Crippen molar-refractivity contribution < 1.29 is 71.9 Å². The zero-order valence-electron chi connectivity index (χ0n) is 47.0. The number of anilines is 3. The molecular weight excluding hydrogens is 1140 g/mol. The molecule has 81 heavy (non-hydrogen) atoms. The number of carbonyl (C=O) groups excluding carboxylic acids is 8. The first-order valence-electron chi connectivity index (χ1n) is 26.6. The third kappa shape index (κ3) is 18.4. The van der Waals surface area contributed by atoms with E-state index in [1.165, 1.54) is 50.4 Å². The Labute approximate surface area is 485 Å². The monoisotopic (exact) mass is 1210 g/mol. The van der Waals surface area contributed by atoms with Gasteiger partial charge in [-0.15, -0.1) is 0 Å². The number of fused-ring (bicyclic) bond motifs is 5. The lowest BCUT2D eigenvalue weighted by molar-refractivity contribution is -0.142. The minimum absolute atomic E-state index is 0.0689. The maximum Gasteiger partial charge on any atom is 0.412 e. The zero-order chi connectivity index (χ0) is 59.8. The summed E-state index contributed by atoms with van der Waals surface area (Å²) in [6, 6.07) is 6.58. The van der Waals surface area contributed by atoms with Gasteiger partial charge in [0.2, 0.25) is 23.6 Å². The van der Waals surface area contributed by atoms with Gasteiger partial charge in [-0.25, -0.2) is 19.2 Å². The fourth-order valence-electron chi connectivity index (χ4n) is 9.46. The number of unbranched alkanes of at least 4 members (excludes halogenated alkanes) is 2. The molecule has 2 aromatic rings. The molecule has 3 aliphatic rings. The number of nitrogens with two attached hydrogens (primary N) is 1.